The quantitative estimate of drug-likeness (QED) is 0.551. The van der Waals surface area contributed by atoms with E-state index in [1.807, 2.05) is 0 Å². The van der Waals surface area contributed by atoms with Crippen molar-refractivity contribution in [3.63, 3.8) is 0 Å². The van der Waals surface area contributed by atoms with Gasteiger partial charge in [0.05, 0.1) is 11.2 Å². The van der Waals surface area contributed by atoms with Crippen LogP contribution in [0.3, 0.4) is 0 Å². The first-order valence-corrected chi connectivity index (χ1v) is 10.5. The van der Waals surface area contributed by atoms with Crippen LogP contribution in [0.25, 0.3) is 0 Å². The highest BCUT2D eigenvalue weighted by atomic mass is 32.2. The summed E-state index contributed by atoms with van der Waals surface area (Å²) in [5.74, 6) is -6.12. The summed E-state index contributed by atoms with van der Waals surface area (Å²) in [7, 11) is -4.74. The predicted molar refractivity (Wildman–Crippen MR) is 104 cm³/mol. The fourth-order valence-electron chi connectivity index (χ4n) is 2.37. The number of esters is 1. The molecule has 9 nitrogen and oxygen atoms in total. The zero-order valence-electron chi connectivity index (χ0n) is 16.5. The van der Waals surface area contributed by atoms with E-state index in [4.69, 9.17) is 9.15 Å². The molecule has 0 unspecified atom stereocenters. The number of sulfone groups is 1. The Kier molecular flexibility index (Phi) is 7.86. The molecule has 0 bridgehead atoms. The lowest BCUT2D eigenvalue weighted by molar-refractivity contribution is -0.150. The minimum Gasteiger partial charge on any atom is -0.459 e. The van der Waals surface area contributed by atoms with Crippen LogP contribution in [0.1, 0.15) is 24.4 Å². The topological polar surface area (TPSA) is 132 Å². The minimum atomic E-state index is -4.74. The number of furan rings is 1. The normalized spacial score (nSPS) is 12.5. The van der Waals surface area contributed by atoms with Crippen LogP contribution in [0.5, 0.6) is 0 Å². The Morgan fingerprint density at radius 1 is 1.10 bits per heavy atom. The van der Waals surface area contributed by atoms with Crippen LogP contribution in [-0.4, -0.2) is 44.6 Å². The van der Waals surface area contributed by atoms with Crippen LogP contribution in [-0.2, 0) is 24.2 Å². The van der Waals surface area contributed by atoms with Gasteiger partial charge in [-0.3, -0.25) is 9.59 Å². The van der Waals surface area contributed by atoms with E-state index in [9.17, 15) is 31.6 Å². The van der Waals surface area contributed by atoms with Gasteiger partial charge in [-0.1, -0.05) is 13.8 Å². The second kappa shape index (κ2) is 10.2. The van der Waals surface area contributed by atoms with E-state index < -0.39 is 50.9 Å². The summed E-state index contributed by atoms with van der Waals surface area (Å²) in [6.45, 7) is 2.66. The molecule has 1 heterocycles. The van der Waals surface area contributed by atoms with Gasteiger partial charge in [0.25, 0.3) is 11.8 Å². The number of carbonyl (C=O) groups excluding carboxylic acids is 3. The molecule has 0 spiro atoms. The number of carbonyl (C=O) groups is 3. The summed E-state index contributed by atoms with van der Waals surface area (Å²) in [5.41, 5.74) is 0.112. The summed E-state index contributed by atoms with van der Waals surface area (Å²) in [5, 5.41) is 4.80. The van der Waals surface area contributed by atoms with Crippen LogP contribution in [0.2, 0.25) is 0 Å². The fraction of sp³-hybridized carbons (Fsp3) is 0.316. The third-order valence-corrected chi connectivity index (χ3v) is 5.40. The van der Waals surface area contributed by atoms with Crippen LogP contribution >= 0.6 is 0 Å². The van der Waals surface area contributed by atoms with E-state index in [0.29, 0.717) is 0 Å². The average molecular weight is 458 g/mol. The highest BCUT2D eigenvalue weighted by Crippen LogP contribution is 2.20. The number of anilines is 1. The summed E-state index contributed by atoms with van der Waals surface area (Å²) in [6.07, 6.45) is 1.30. The predicted octanol–water partition coefficient (Wildman–Crippen LogP) is 2.21. The Bertz CT molecular complexity index is 1020. The molecular weight excluding hydrogens is 438 g/mol. The van der Waals surface area contributed by atoms with Crippen LogP contribution in [0.15, 0.2) is 52.0 Å². The number of rotatable bonds is 9. The minimum absolute atomic E-state index is 0.00787. The van der Waals surface area contributed by atoms with E-state index in [1.165, 1.54) is 18.4 Å². The molecule has 2 aromatic rings. The Balaban J connectivity index is 1.91. The summed E-state index contributed by atoms with van der Waals surface area (Å²) in [4.78, 5) is 35.7. The molecule has 2 amide bonds. The van der Waals surface area contributed by atoms with Gasteiger partial charge in [0.1, 0.15) is 6.04 Å². The molecule has 0 radical (unpaired) electrons. The monoisotopic (exact) mass is 458 g/mol. The third kappa shape index (κ3) is 6.35. The molecule has 0 fully saturated rings. The van der Waals surface area contributed by atoms with Gasteiger partial charge in [-0.2, -0.15) is 8.78 Å². The Morgan fingerprint density at radius 3 is 2.26 bits per heavy atom. The average Bonchev–Trinajstić information content (AvgIpc) is 3.25. The lowest BCUT2D eigenvalue weighted by Gasteiger charge is -2.20. The van der Waals surface area contributed by atoms with Gasteiger partial charge in [0.2, 0.25) is 9.84 Å². The molecule has 0 aliphatic carbocycles. The van der Waals surface area contributed by atoms with Crippen molar-refractivity contribution in [1.29, 1.82) is 0 Å². The van der Waals surface area contributed by atoms with Crippen molar-refractivity contribution in [2.75, 3.05) is 11.9 Å². The van der Waals surface area contributed by atoms with Crippen molar-refractivity contribution in [3.05, 3.63) is 48.4 Å². The standard InChI is InChI=1S/C19H20F2N2O7S/c1-11(2)16(23-17(25)14-4-3-9-29-14)18(26)30-10-15(24)22-12-5-7-13(8-6-12)31(27,28)19(20)21/h3-9,11,16,19H,10H2,1-2H3,(H,22,24)(H,23,25)/t16-/m0/s1. The smallest absolute Gasteiger partial charge is 0.341 e. The third-order valence-electron chi connectivity index (χ3n) is 4.00. The largest absolute Gasteiger partial charge is 0.459 e. The van der Waals surface area contributed by atoms with Gasteiger partial charge >= 0.3 is 11.7 Å². The van der Waals surface area contributed by atoms with E-state index in [2.05, 4.69) is 10.6 Å². The first kappa shape index (κ1) is 24.0. The van der Waals surface area contributed by atoms with Crippen molar-refractivity contribution >= 4 is 33.3 Å². The first-order valence-electron chi connectivity index (χ1n) is 8.95. The maximum atomic E-state index is 12.5. The zero-order chi connectivity index (χ0) is 23.2. The molecule has 1 aromatic carbocycles. The van der Waals surface area contributed by atoms with E-state index >= 15 is 0 Å². The van der Waals surface area contributed by atoms with Gasteiger partial charge in [0, 0.05) is 5.69 Å². The SMILES string of the molecule is CC(C)[C@H](NC(=O)c1ccco1)C(=O)OCC(=O)Nc1ccc(S(=O)(=O)C(F)F)cc1. The molecule has 1 aromatic heterocycles. The maximum absolute atomic E-state index is 12.5. The van der Waals surface area contributed by atoms with Crippen molar-refractivity contribution in [2.45, 2.75) is 30.5 Å². The van der Waals surface area contributed by atoms with Gasteiger partial charge in [0.15, 0.2) is 12.4 Å². The van der Waals surface area contributed by atoms with Crippen molar-refractivity contribution in [2.24, 2.45) is 5.92 Å². The number of ether oxygens (including phenoxy) is 1. The molecule has 2 N–H and O–H groups in total. The van der Waals surface area contributed by atoms with Crippen LogP contribution in [0.4, 0.5) is 14.5 Å². The molecule has 12 heteroatoms. The molecule has 2 rings (SSSR count). The summed E-state index contributed by atoms with van der Waals surface area (Å²) >= 11 is 0. The van der Waals surface area contributed by atoms with E-state index in [0.717, 1.165) is 24.3 Å². The molecule has 0 aliphatic heterocycles. The molecular formula is C19H20F2N2O7S. The number of hydrogen-bond acceptors (Lipinski definition) is 7. The molecule has 0 saturated heterocycles. The van der Waals surface area contributed by atoms with Crippen molar-refractivity contribution in [3.8, 4) is 0 Å². The van der Waals surface area contributed by atoms with Crippen LogP contribution in [0, 0.1) is 5.92 Å². The zero-order valence-corrected chi connectivity index (χ0v) is 17.3. The van der Waals surface area contributed by atoms with Gasteiger partial charge in [-0.25, -0.2) is 13.2 Å². The van der Waals surface area contributed by atoms with E-state index in [-0.39, 0.29) is 17.4 Å². The highest BCUT2D eigenvalue weighted by Gasteiger charge is 2.28. The number of alkyl halides is 2. The van der Waals surface area contributed by atoms with Crippen LogP contribution < -0.4 is 10.6 Å². The number of halogens is 2. The second-order valence-electron chi connectivity index (χ2n) is 6.66. The first-order chi connectivity index (χ1) is 14.5. The second-order valence-corrected chi connectivity index (χ2v) is 8.58. The molecule has 0 aliphatic rings. The Morgan fingerprint density at radius 2 is 1.74 bits per heavy atom. The van der Waals surface area contributed by atoms with Gasteiger partial charge < -0.3 is 19.8 Å². The maximum Gasteiger partial charge on any atom is 0.341 e. The molecule has 168 valence electrons. The number of hydrogen-bond donors (Lipinski definition) is 2. The number of amides is 2. The highest BCUT2D eigenvalue weighted by molar-refractivity contribution is 7.91. The summed E-state index contributed by atoms with van der Waals surface area (Å²) in [6, 6.07) is 5.97. The van der Waals surface area contributed by atoms with Crippen molar-refractivity contribution in [1.82, 2.24) is 5.32 Å². The molecule has 31 heavy (non-hydrogen) atoms. The number of benzene rings is 1. The lowest BCUT2D eigenvalue weighted by atomic mass is 10.0. The summed E-state index contributed by atoms with van der Waals surface area (Å²) < 4.78 is 57.7. The lowest BCUT2D eigenvalue weighted by Crippen LogP contribution is -2.45. The molecule has 1 atom stereocenters. The van der Waals surface area contributed by atoms with Gasteiger partial charge in [-0.15, -0.1) is 0 Å². The Hall–Kier alpha value is -3.28. The van der Waals surface area contributed by atoms with Crippen molar-refractivity contribution < 1.29 is 40.7 Å². The van der Waals surface area contributed by atoms with E-state index in [1.54, 1.807) is 13.8 Å². The number of nitrogens with one attached hydrogen (secondary N) is 2. The molecule has 0 saturated carbocycles. The fourth-order valence-corrected chi connectivity index (χ4v) is 3.09. The Labute approximate surface area is 176 Å². The van der Waals surface area contributed by atoms with Gasteiger partial charge in [-0.05, 0) is 42.3 Å².